The van der Waals surface area contributed by atoms with Gasteiger partial charge in [0.1, 0.15) is 12.4 Å². The van der Waals surface area contributed by atoms with Gasteiger partial charge in [0.05, 0.1) is 13.2 Å². The van der Waals surface area contributed by atoms with Gasteiger partial charge in [-0.2, -0.15) is 0 Å². The van der Waals surface area contributed by atoms with Gasteiger partial charge < -0.3 is 19.7 Å². The maximum absolute atomic E-state index is 12.7. The van der Waals surface area contributed by atoms with Crippen LogP contribution in [-0.4, -0.2) is 44.1 Å². The molecular weight excluding hydrogens is 412 g/mol. The molecule has 0 bridgehead atoms. The van der Waals surface area contributed by atoms with Crippen LogP contribution in [0.3, 0.4) is 0 Å². The summed E-state index contributed by atoms with van der Waals surface area (Å²) in [6, 6.07) is 16.6. The van der Waals surface area contributed by atoms with E-state index in [1.165, 1.54) is 12.0 Å². The van der Waals surface area contributed by atoms with Crippen LogP contribution < -0.4 is 10.1 Å². The SMILES string of the molecule is COCC(=O)N1CCc2sccc2C1c1ccc(NC(=O)c2ccc(OC)cc2)cc1. The fraction of sp³-hybridized carbons (Fsp3) is 0.250. The lowest BCUT2D eigenvalue weighted by atomic mass is 9.93. The first-order valence-electron chi connectivity index (χ1n) is 10.0. The molecule has 4 rings (SSSR count). The Hall–Kier alpha value is -3.16. The zero-order valence-corrected chi connectivity index (χ0v) is 18.3. The van der Waals surface area contributed by atoms with Crippen molar-refractivity contribution in [2.24, 2.45) is 0 Å². The first-order chi connectivity index (χ1) is 15.1. The highest BCUT2D eigenvalue weighted by molar-refractivity contribution is 7.10. The van der Waals surface area contributed by atoms with E-state index < -0.39 is 0 Å². The maximum atomic E-state index is 12.7. The number of benzene rings is 2. The molecule has 6 nitrogen and oxygen atoms in total. The molecule has 160 valence electrons. The number of nitrogens with one attached hydrogen (secondary N) is 1. The molecule has 0 saturated carbocycles. The summed E-state index contributed by atoms with van der Waals surface area (Å²) in [6.45, 7) is 0.725. The lowest BCUT2D eigenvalue weighted by Crippen LogP contribution is -2.41. The van der Waals surface area contributed by atoms with Gasteiger partial charge in [0, 0.05) is 29.8 Å². The van der Waals surface area contributed by atoms with Gasteiger partial charge in [0.2, 0.25) is 5.91 Å². The lowest BCUT2D eigenvalue weighted by Gasteiger charge is -2.36. The summed E-state index contributed by atoms with van der Waals surface area (Å²) in [5.41, 5.74) is 3.42. The van der Waals surface area contributed by atoms with Crippen LogP contribution >= 0.6 is 11.3 Å². The molecule has 2 aromatic carbocycles. The molecule has 1 atom stereocenters. The van der Waals surface area contributed by atoms with Crippen molar-refractivity contribution < 1.29 is 19.1 Å². The van der Waals surface area contributed by atoms with Crippen molar-refractivity contribution in [3.8, 4) is 5.75 Å². The lowest BCUT2D eigenvalue weighted by molar-refractivity contribution is -0.137. The predicted molar refractivity (Wildman–Crippen MR) is 121 cm³/mol. The summed E-state index contributed by atoms with van der Waals surface area (Å²) in [5.74, 6) is 0.486. The molecule has 0 radical (unpaired) electrons. The van der Waals surface area contributed by atoms with Crippen molar-refractivity contribution in [2.45, 2.75) is 12.5 Å². The van der Waals surface area contributed by atoms with E-state index in [9.17, 15) is 9.59 Å². The van der Waals surface area contributed by atoms with E-state index in [1.54, 1.807) is 42.7 Å². The van der Waals surface area contributed by atoms with Gasteiger partial charge in [-0.25, -0.2) is 0 Å². The van der Waals surface area contributed by atoms with E-state index in [-0.39, 0.29) is 24.5 Å². The summed E-state index contributed by atoms with van der Waals surface area (Å²) < 4.78 is 10.2. The van der Waals surface area contributed by atoms with Crippen LogP contribution in [0.4, 0.5) is 5.69 Å². The average Bonchev–Trinajstić information content (AvgIpc) is 3.28. The number of ether oxygens (including phenoxy) is 2. The normalized spacial score (nSPS) is 15.3. The Labute approximate surface area is 185 Å². The van der Waals surface area contributed by atoms with Crippen LogP contribution in [0.2, 0.25) is 0 Å². The number of nitrogens with zero attached hydrogens (tertiary/aromatic N) is 1. The van der Waals surface area contributed by atoms with Gasteiger partial charge in [0.25, 0.3) is 5.91 Å². The molecule has 31 heavy (non-hydrogen) atoms. The van der Waals surface area contributed by atoms with Crippen LogP contribution in [0.15, 0.2) is 60.0 Å². The molecule has 0 aliphatic carbocycles. The number of hydrogen-bond donors (Lipinski definition) is 1. The number of fused-ring (bicyclic) bond motifs is 1. The molecule has 2 heterocycles. The smallest absolute Gasteiger partial charge is 0.255 e. The number of amides is 2. The molecule has 2 amide bonds. The van der Waals surface area contributed by atoms with E-state index in [4.69, 9.17) is 9.47 Å². The third-order valence-corrected chi connectivity index (χ3v) is 6.39. The van der Waals surface area contributed by atoms with Crippen molar-refractivity contribution in [3.05, 3.63) is 81.5 Å². The molecular formula is C24H24N2O4S. The van der Waals surface area contributed by atoms with Crippen LogP contribution in [0, 0.1) is 0 Å². The molecule has 1 aromatic heterocycles. The van der Waals surface area contributed by atoms with Crippen molar-refractivity contribution >= 4 is 28.8 Å². The average molecular weight is 437 g/mol. The molecule has 1 aliphatic heterocycles. The van der Waals surface area contributed by atoms with Crippen LogP contribution in [0.1, 0.15) is 32.4 Å². The van der Waals surface area contributed by atoms with Crippen molar-refractivity contribution in [3.63, 3.8) is 0 Å². The second-order valence-corrected chi connectivity index (χ2v) is 8.28. The highest BCUT2D eigenvalue weighted by atomic mass is 32.1. The molecule has 3 aromatic rings. The molecule has 1 unspecified atom stereocenters. The summed E-state index contributed by atoms with van der Waals surface area (Å²) in [6.07, 6.45) is 0.856. The van der Waals surface area contributed by atoms with Gasteiger partial charge in [-0.3, -0.25) is 9.59 Å². The second-order valence-electron chi connectivity index (χ2n) is 7.28. The fourth-order valence-corrected chi connectivity index (χ4v) is 4.75. The van der Waals surface area contributed by atoms with Crippen LogP contribution in [-0.2, 0) is 16.0 Å². The van der Waals surface area contributed by atoms with Crippen molar-refractivity contribution in [2.75, 3.05) is 32.7 Å². The zero-order chi connectivity index (χ0) is 21.8. The molecule has 1 N–H and O–H groups in total. The monoisotopic (exact) mass is 436 g/mol. The first kappa shape index (κ1) is 21.1. The highest BCUT2D eigenvalue weighted by Crippen LogP contribution is 2.38. The number of thiophene rings is 1. The van der Waals surface area contributed by atoms with Crippen molar-refractivity contribution in [1.82, 2.24) is 4.90 Å². The van der Waals surface area contributed by atoms with E-state index >= 15 is 0 Å². The molecule has 0 saturated heterocycles. The van der Waals surface area contributed by atoms with E-state index in [1.807, 2.05) is 29.2 Å². The molecule has 0 fully saturated rings. The van der Waals surface area contributed by atoms with Gasteiger partial charge in [0.15, 0.2) is 0 Å². The second kappa shape index (κ2) is 9.32. The topological polar surface area (TPSA) is 67.9 Å². The Bertz CT molecular complexity index is 1060. The highest BCUT2D eigenvalue weighted by Gasteiger charge is 2.32. The molecule has 1 aliphatic rings. The maximum Gasteiger partial charge on any atom is 0.255 e. The number of hydrogen-bond acceptors (Lipinski definition) is 5. The Kier molecular flexibility index (Phi) is 6.34. The number of rotatable bonds is 6. The summed E-state index contributed by atoms with van der Waals surface area (Å²) in [7, 11) is 3.12. The Morgan fingerprint density at radius 3 is 2.48 bits per heavy atom. The van der Waals surface area contributed by atoms with Crippen molar-refractivity contribution in [1.29, 1.82) is 0 Å². The first-order valence-corrected chi connectivity index (χ1v) is 10.9. The van der Waals surface area contributed by atoms with E-state index in [0.29, 0.717) is 23.5 Å². The number of carbonyl (C=O) groups excluding carboxylic acids is 2. The largest absolute Gasteiger partial charge is 0.497 e. The van der Waals surface area contributed by atoms with Gasteiger partial charge in [-0.05, 0) is 65.4 Å². The quantitative estimate of drug-likeness (QED) is 0.631. The zero-order valence-electron chi connectivity index (χ0n) is 17.5. The Morgan fingerprint density at radius 1 is 1.06 bits per heavy atom. The minimum Gasteiger partial charge on any atom is -0.497 e. The molecule has 7 heteroatoms. The minimum atomic E-state index is -0.190. The number of carbonyl (C=O) groups is 2. The van der Waals surface area contributed by atoms with Gasteiger partial charge >= 0.3 is 0 Å². The van der Waals surface area contributed by atoms with Crippen LogP contribution in [0.25, 0.3) is 0 Å². The Balaban J connectivity index is 1.54. The van der Waals surface area contributed by atoms with E-state index in [2.05, 4.69) is 16.8 Å². The molecule has 0 spiro atoms. The minimum absolute atomic E-state index is 0.0266. The summed E-state index contributed by atoms with van der Waals surface area (Å²) in [5, 5.41) is 4.99. The van der Waals surface area contributed by atoms with Gasteiger partial charge in [-0.1, -0.05) is 12.1 Å². The third-order valence-electron chi connectivity index (χ3n) is 5.39. The number of anilines is 1. The Morgan fingerprint density at radius 2 is 1.81 bits per heavy atom. The third kappa shape index (κ3) is 4.47. The van der Waals surface area contributed by atoms with Gasteiger partial charge in [-0.15, -0.1) is 11.3 Å². The fourth-order valence-electron chi connectivity index (χ4n) is 3.85. The summed E-state index contributed by atoms with van der Waals surface area (Å²) >= 11 is 1.73. The number of methoxy groups -OCH3 is 2. The van der Waals surface area contributed by atoms with E-state index in [0.717, 1.165) is 17.5 Å². The summed E-state index contributed by atoms with van der Waals surface area (Å²) in [4.78, 5) is 28.4. The standard InChI is InChI=1S/C24H24N2O4S/c1-29-15-22(27)26-13-11-21-20(12-14-31-21)23(26)16-3-7-18(8-4-16)25-24(28)17-5-9-19(30-2)10-6-17/h3-10,12,14,23H,11,13,15H2,1-2H3,(H,25,28). The van der Waals surface area contributed by atoms with Crippen LogP contribution in [0.5, 0.6) is 5.75 Å². The predicted octanol–water partition coefficient (Wildman–Crippen LogP) is 4.13.